The van der Waals surface area contributed by atoms with Crippen molar-refractivity contribution in [2.75, 3.05) is 17.7 Å². The van der Waals surface area contributed by atoms with Crippen LogP contribution in [-0.4, -0.2) is 39.1 Å². The van der Waals surface area contributed by atoms with Gasteiger partial charge in [0.1, 0.15) is 12.1 Å². The van der Waals surface area contributed by atoms with E-state index in [-0.39, 0.29) is 34.4 Å². The molecule has 0 unspecified atom stereocenters. The van der Waals surface area contributed by atoms with Crippen LogP contribution in [0, 0.1) is 10.1 Å². The van der Waals surface area contributed by atoms with Crippen LogP contribution in [0.25, 0.3) is 0 Å². The summed E-state index contributed by atoms with van der Waals surface area (Å²) in [4.78, 5) is 19.7. The van der Waals surface area contributed by atoms with Crippen molar-refractivity contribution in [3.8, 4) is 5.75 Å². The standard InChI is InChI=1S/C20H28N6O3/c1-19(2)10-14(11-20(3,4)25-19)24-18-16(26(27)28)17(21-12-22-18)23-13-7-6-8-15(9-13)29-5/h6-9,12,14,25H,10-11H2,1-5H3,(H2,21,22,23,24). The Morgan fingerprint density at radius 2 is 1.83 bits per heavy atom. The molecule has 1 saturated heterocycles. The fourth-order valence-electron chi connectivity index (χ4n) is 4.20. The van der Waals surface area contributed by atoms with Gasteiger partial charge in [0.25, 0.3) is 0 Å². The third kappa shape index (κ3) is 5.11. The summed E-state index contributed by atoms with van der Waals surface area (Å²) < 4.78 is 5.21. The van der Waals surface area contributed by atoms with Crippen molar-refractivity contribution in [3.63, 3.8) is 0 Å². The molecule has 0 radical (unpaired) electrons. The monoisotopic (exact) mass is 400 g/mol. The maximum Gasteiger partial charge on any atom is 0.353 e. The lowest BCUT2D eigenvalue weighted by Crippen LogP contribution is -2.60. The molecular formula is C20H28N6O3. The maximum atomic E-state index is 11.9. The second-order valence-corrected chi connectivity index (χ2v) is 8.68. The minimum absolute atomic E-state index is 0.0412. The van der Waals surface area contributed by atoms with Gasteiger partial charge < -0.3 is 20.7 Å². The zero-order valence-electron chi connectivity index (χ0n) is 17.4. The number of piperidine rings is 1. The maximum absolute atomic E-state index is 11.9. The van der Waals surface area contributed by atoms with Crippen LogP contribution in [0.5, 0.6) is 5.75 Å². The van der Waals surface area contributed by atoms with Crippen LogP contribution >= 0.6 is 0 Å². The number of ether oxygens (including phenoxy) is 1. The fourth-order valence-corrected chi connectivity index (χ4v) is 4.20. The van der Waals surface area contributed by atoms with Gasteiger partial charge in [0.2, 0.25) is 11.6 Å². The smallest absolute Gasteiger partial charge is 0.353 e. The molecule has 2 heterocycles. The Hall–Kier alpha value is -2.94. The molecule has 29 heavy (non-hydrogen) atoms. The third-order valence-corrected chi connectivity index (χ3v) is 4.87. The first-order valence-corrected chi connectivity index (χ1v) is 9.55. The number of benzene rings is 1. The molecule has 2 aromatic rings. The second-order valence-electron chi connectivity index (χ2n) is 8.68. The fraction of sp³-hybridized carbons (Fsp3) is 0.500. The van der Waals surface area contributed by atoms with Crippen molar-refractivity contribution < 1.29 is 9.66 Å². The van der Waals surface area contributed by atoms with E-state index in [1.807, 2.05) is 0 Å². The van der Waals surface area contributed by atoms with Gasteiger partial charge in [-0.25, -0.2) is 9.97 Å². The molecule has 0 aliphatic carbocycles. The van der Waals surface area contributed by atoms with Gasteiger partial charge in [-0.05, 0) is 52.7 Å². The molecule has 0 amide bonds. The Kier molecular flexibility index (Phi) is 5.61. The van der Waals surface area contributed by atoms with Crippen LogP contribution in [0.1, 0.15) is 40.5 Å². The van der Waals surface area contributed by atoms with Crippen molar-refractivity contribution in [1.29, 1.82) is 0 Å². The lowest BCUT2D eigenvalue weighted by atomic mass is 9.79. The molecule has 156 valence electrons. The number of nitrogens with zero attached hydrogens (tertiary/aromatic N) is 3. The molecule has 1 aromatic carbocycles. The molecule has 3 rings (SSSR count). The SMILES string of the molecule is COc1cccc(Nc2ncnc(NC3CC(C)(C)NC(C)(C)C3)c2[N+](=O)[O-])c1. The lowest BCUT2D eigenvalue weighted by Gasteiger charge is -2.46. The van der Waals surface area contributed by atoms with Gasteiger partial charge in [-0.15, -0.1) is 0 Å². The predicted molar refractivity (Wildman–Crippen MR) is 113 cm³/mol. The van der Waals surface area contributed by atoms with Crippen LogP contribution in [-0.2, 0) is 0 Å². The largest absolute Gasteiger partial charge is 0.497 e. The van der Waals surface area contributed by atoms with E-state index in [2.05, 4.69) is 53.6 Å². The van der Waals surface area contributed by atoms with Crippen LogP contribution in [0.2, 0.25) is 0 Å². The molecule has 0 saturated carbocycles. The van der Waals surface area contributed by atoms with Crippen molar-refractivity contribution in [1.82, 2.24) is 15.3 Å². The van der Waals surface area contributed by atoms with E-state index in [4.69, 9.17) is 4.74 Å². The average Bonchev–Trinajstić information content (AvgIpc) is 2.59. The molecule has 1 aromatic heterocycles. The van der Waals surface area contributed by atoms with Crippen LogP contribution in [0.15, 0.2) is 30.6 Å². The summed E-state index contributed by atoms with van der Waals surface area (Å²) in [6.45, 7) is 8.53. The quantitative estimate of drug-likeness (QED) is 0.495. The highest BCUT2D eigenvalue weighted by Crippen LogP contribution is 2.35. The minimum Gasteiger partial charge on any atom is -0.497 e. The number of anilines is 3. The number of rotatable bonds is 6. The second kappa shape index (κ2) is 7.82. The first kappa shape index (κ1) is 20.8. The van der Waals surface area contributed by atoms with Crippen molar-refractivity contribution in [2.24, 2.45) is 0 Å². The summed E-state index contributed by atoms with van der Waals surface area (Å²) in [7, 11) is 1.57. The first-order chi connectivity index (χ1) is 13.6. The summed E-state index contributed by atoms with van der Waals surface area (Å²) in [6, 6.07) is 7.18. The molecule has 3 N–H and O–H groups in total. The van der Waals surface area contributed by atoms with E-state index in [0.717, 1.165) is 12.8 Å². The number of aromatic nitrogens is 2. The van der Waals surface area contributed by atoms with Crippen molar-refractivity contribution >= 4 is 23.0 Å². The highest BCUT2D eigenvalue weighted by molar-refractivity contribution is 5.74. The number of hydrogen-bond donors (Lipinski definition) is 3. The normalized spacial score (nSPS) is 18.1. The Morgan fingerprint density at radius 1 is 1.17 bits per heavy atom. The highest BCUT2D eigenvalue weighted by atomic mass is 16.6. The Bertz CT molecular complexity index is 884. The van der Waals surface area contributed by atoms with Gasteiger partial charge in [0.15, 0.2) is 0 Å². The van der Waals surface area contributed by atoms with E-state index < -0.39 is 4.92 Å². The van der Waals surface area contributed by atoms with Crippen molar-refractivity contribution in [3.05, 3.63) is 40.7 Å². The lowest BCUT2D eigenvalue weighted by molar-refractivity contribution is -0.383. The number of nitro groups is 1. The summed E-state index contributed by atoms with van der Waals surface area (Å²) in [5, 5.41) is 21.8. The van der Waals surface area contributed by atoms with Gasteiger partial charge in [-0.3, -0.25) is 10.1 Å². The molecule has 9 heteroatoms. The van der Waals surface area contributed by atoms with Gasteiger partial charge in [0.05, 0.1) is 12.0 Å². The van der Waals surface area contributed by atoms with Gasteiger partial charge in [-0.2, -0.15) is 0 Å². The average molecular weight is 400 g/mol. The van der Waals surface area contributed by atoms with E-state index in [1.54, 1.807) is 31.4 Å². The molecule has 0 bridgehead atoms. The van der Waals surface area contributed by atoms with Gasteiger partial charge in [0, 0.05) is 28.9 Å². The summed E-state index contributed by atoms with van der Waals surface area (Å²) in [5.74, 6) is 0.992. The Morgan fingerprint density at radius 3 is 2.45 bits per heavy atom. The summed E-state index contributed by atoms with van der Waals surface area (Å²) in [5.41, 5.74) is 0.275. The van der Waals surface area contributed by atoms with Crippen LogP contribution in [0.3, 0.4) is 0 Å². The van der Waals surface area contributed by atoms with E-state index in [9.17, 15) is 10.1 Å². The van der Waals surface area contributed by atoms with E-state index in [0.29, 0.717) is 11.4 Å². The zero-order valence-corrected chi connectivity index (χ0v) is 17.4. The molecule has 9 nitrogen and oxygen atoms in total. The third-order valence-electron chi connectivity index (χ3n) is 4.87. The van der Waals surface area contributed by atoms with Gasteiger partial charge in [-0.1, -0.05) is 6.07 Å². The number of hydrogen-bond acceptors (Lipinski definition) is 8. The number of methoxy groups -OCH3 is 1. The predicted octanol–water partition coefficient (Wildman–Crippen LogP) is 3.86. The van der Waals surface area contributed by atoms with Crippen molar-refractivity contribution in [2.45, 2.75) is 57.7 Å². The molecule has 0 atom stereocenters. The van der Waals surface area contributed by atoms with Crippen LogP contribution < -0.4 is 20.7 Å². The number of nitrogens with one attached hydrogen (secondary N) is 3. The Labute approximate surface area is 170 Å². The Balaban J connectivity index is 1.90. The highest BCUT2D eigenvalue weighted by Gasteiger charge is 2.38. The summed E-state index contributed by atoms with van der Waals surface area (Å²) >= 11 is 0. The molecule has 1 aliphatic heterocycles. The van der Waals surface area contributed by atoms with E-state index in [1.165, 1.54) is 6.33 Å². The topological polar surface area (TPSA) is 114 Å². The molecule has 1 fully saturated rings. The van der Waals surface area contributed by atoms with E-state index >= 15 is 0 Å². The molecule has 0 spiro atoms. The van der Waals surface area contributed by atoms with Crippen LogP contribution in [0.4, 0.5) is 23.0 Å². The molecular weight excluding hydrogens is 372 g/mol. The van der Waals surface area contributed by atoms with Gasteiger partial charge >= 0.3 is 5.69 Å². The molecule has 1 aliphatic rings. The summed E-state index contributed by atoms with van der Waals surface area (Å²) in [6.07, 6.45) is 2.96. The zero-order chi connectivity index (χ0) is 21.2. The minimum atomic E-state index is -0.456. The first-order valence-electron chi connectivity index (χ1n) is 9.55.